The summed E-state index contributed by atoms with van der Waals surface area (Å²) in [6, 6.07) is 40.6. The second-order valence-corrected chi connectivity index (χ2v) is 18.0. The Morgan fingerprint density at radius 3 is 1.30 bits per heavy atom. The van der Waals surface area contributed by atoms with Crippen molar-refractivity contribution in [2.75, 3.05) is 9.80 Å². The lowest BCUT2D eigenvalue weighted by Gasteiger charge is -2.61. The van der Waals surface area contributed by atoms with E-state index in [1.165, 1.54) is 124 Å². The fourth-order valence-corrected chi connectivity index (χ4v) is 13.1. The van der Waals surface area contributed by atoms with Crippen molar-refractivity contribution in [3.8, 4) is 0 Å². The Bertz CT molecular complexity index is 1990. The third-order valence-electron chi connectivity index (χ3n) is 15.3. The van der Waals surface area contributed by atoms with Crippen molar-refractivity contribution in [3.63, 3.8) is 0 Å². The summed E-state index contributed by atoms with van der Waals surface area (Å²) in [5.41, 5.74) is 14.9. The zero-order valence-electron chi connectivity index (χ0n) is 33.1. The number of rotatable bonds is 2. The van der Waals surface area contributed by atoms with E-state index in [4.69, 9.17) is 9.47 Å². The Hall–Kier alpha value is -4.12. The summed E-state index contributed by atoms with van der Waals surface area (Å²) in [7, 11) is 0. The fraction of sp³-hybridized carbons (Fsp3) is 0.462. The average molecular weight is 743 g/mol. The maximum absolute atomic E-state index is 6.89. The molecule has 2 spiro atoms. The largest absolute Gasteiger partial charge is 0.350 e. The summed E-state index contributed by atoms with van der Waals surface area (Å²) >= 11 is 0. The first-order valence-electron chi connectivity index (χ1n) is 22.3. The van der Waals surface area contributed by atoms with Gasteiger partial charge in [-0.1, -0.05) is 110 Å². The molecule has 4 aromatic rings. The topological polar surface area (TPSA) is 24.9 Å². The molecule has 4 nitrogen and oxygen atoms in total. The van der Waals surface area contributed by atoms with Crippen molar-refractivity contribution in [3.05, 3.63) is 154 Å². The van der Waals surface area contributed by atoms with Crippen LogP contribution in [0.3, 0.4) is 0 Å². The minimum absolute atomic E-state index is 0.150. The van der Waals surface area contributed by atoms with Gasteiger partial charge in [0.05, 0.1) is 13.2 Å². The highest BCUT2D eigenvalue weighted by Crippen LogP contribution is 2.62. The van der Waals surface area contributed by atoms with Crippen molar-refractivity contribution in [1.82, 2.24) is 0 Å². The number of allylic oxidation sites excluding steroid dienone is 4. The van der Waals surface area contributed by atoms with E-state index in [0.717, 1.165) is 26.1 Å². The second kappa shape index (κ2) is 14.4. The molecular formula is C52H58N2O2. The first-order chi connectivity index (χ1) is 27.8. The van der Waals surface area contributed by atoms with E-state index in [2.05, 4.69) is 119 Å². The molecule has 4 aromatic carbocycles. The van der Waals surface area contributed by atoms with Gasteiger partial charge < -0.3 is 19.3 Å². The van der Waals surface area contributed by atoms with Crippen molar-refractivity contribution in [1.29, 1.82) is 0 Å². The SMILES string of the molecule is c1ccc([C@@H]2C3=C(CCCC3)N3c4ccccc4CO[C@@]34CCCC[C@@H]24)cc1.c1ccc([C@@H]2C3=C(CCCC3)N3c4ccccc4CO[C@@]34CCCC[C@@H]24)cc1. The van der Waals surface area contributed by atoms with Crippen LogP contribution in [0.1, 0.15) is 137 Å². The summed E-state index contributed by atoms with van der Waals surface area (Å²) < 4.78 is 13.8. The van der Waals surface area contributed by atoms with E-state index in [1.807, 2.05) is 0 Å². The van der Waals surface area contributed by atoms with Crippen molar-refractivity contribution >= 4 is 11.4 Å². The van der Waals surface area contributed by atoms with Crippen LogP contribution in [0.15, 0.2) is 132 Å². The standard InChI is InChI=1S/2C26H29NO/c2*1-2-10-19(11-3-1)25-21-13-5-7-16-24(21)27-23-15-6-4-12-20(23)18-28-26(27)17-9-8-14-22(25)26/h2*1-4,6,10-12,15,22,25H,5,7-9,13-14,16-18H2/t2*22-,25+,26+/m00/s1. The molecule has 0 saturated heterocycles. The molecule has 4 heterocycles. The molecule has 0 radical (unpaired) electrons. The molecule has 0 unspecified atom stereocenters. The van der Waals surface area contributed by atoms with Gasteiger partial charge in [0.2, 0.25) is 0 Å². The van der Waals surface area contributed by atoms with Gasteiger partial charge in [0.25, 0.3) is 0 Å². The van der Waals surface area contributed by atoms with Gasteiger partial charge in [-0.05, 0) is 124 Å². The maximum atomic E-state index is 6.89. The molecule has 0 bridgehead atoms. The third-order valence-corrected chi connectivity index (χ3v) is 15.3. The normalized spacial score (nSPS) is 31.5. The van der Waals surface area contributed by atoms with Crippen molar-refractivity contribution in [2.24, 2.45) is 11.8 Å². The zero-order chi connectivity index (χ0) is 37.1. The summed E-state index contributed by atoms with van der Waals surface area (Å²) in [5.74, 6) is 2.15. The Morgan fingerprint density at radius 2 is 0.839 bits per heavy atom. The lowest BCUT2D eigenvalue weighted by atomic mass is 9.62. The van der Waals surface area contributed by atoms with Gasteiger partial charge >= 0.3 is 0 Å². The zero-order valence-corrected chi connectivity index (χ0v) is 33.1. The summed E-state index contributed by atoms with van der Waals surface area (Å²) in [6.45, 7) is 1.51. The van der Waals surface area contributed by atoms with Crippen LogP contribution in [-0.2, 0) is 22.7 Å². The molecule has 0 aromatic heterocycles. The highest BCUT2D eigenvalue weighted by Gasteiger charge is 2.59. The molecule has 0 amide bonds. The molecule has 8 aliphatic rings. The number of ether oxygens (including phenoxy) is 2. The van der Waals surface area contributed by atoms with Crippen LogP contribution in [0.4, 0.5) is 11.4 Å². The minimum atomic E-state index is -0.150. The molecule has 56 heavy (non-hydrogen) atoms. The molecule has 6 atom stereocenters. The lowest BCUT2D eigenvalue weighted by Crippen LogP contribution is -2.63. The molecule has 4 aliphatic heterocycles. The highest BCUT2D eigenvalue weighted by atomic mass is 16.5. The van der Waals surface area contributed by atoms with Gasteiger partial charge in [0.15, 0.2) is 0 Å². The first-order valence-corrected chi connectivity index (χ1v) is 22.3. The quantitative estimate of drug-likeness (QED) is 0.204. The van der Waals surface area contributed by atoms with Crippen LogP contribution >= 0.6 is 0 Å². The number of para-hydroxylation sites is 2. The van der Waals surface area contributed by atoms with Gasteiger partial charge in [-0.15, -0.1) is 0 Å². The molecule has 4 heteroatoms. The van der Waals surface area contributed by atoms with Crippen LogP contribution in [0.25, 0.3) is 0 Å². The van der Waals surface area contributed by atoms with E-state index < -0.39 is 0 Å². The van der Waals surface area contributed by atoms with Gasteiger partial charge in [-0.25, -0.2) is 0 Å². The number of nitrogens with zero attached hydrogens (tertiary/aromatic N) is 2. The van der Waals surface area contributed by atoms with Crippen LogP contribution in [0, 0.1) is 11.8 Å². The van der Waals surface area contributed by atoms with E-state index in [1.54, 1.807) is 22.5 Å². The Labute approximate surface area is 334 Å². The highest BCUT2D eigenvalue weighted by molar-refractivity contribution is 5.66. The van der Waals surface area contributed by atoms with Crippen LogP contribution < -0.4 is 9.80 Å². The maximum Gasteiger partial charge on any atom is 0.149 e. The predicted octanol–water partition coefficient (Wildman–Crippen LogP) is 13.1. The van der Waals surface area contributed by atoms with Crippen molar-refractivity contribution in [2.45, 2.75) is 139 Å². The summed E-state index contributed by atoms with van der Waals surface area (Å²) in [5, 5.41) is 0. The Morgan fingerprint density at radius 1 is 0.429 bits per heavy atom. The average Bonchev–Trinajstić information content (AvgIpc) is 3.27. The van der Waals surface area contributed by atoms with E-state index in [-0.39, 0.29) is 11.4 Å². The lowest BCUT2D eigenvalue weighted by molar-refractivity contribution is -0.132. The summed E-state index contributed by atoms with van der Waals surface area (Å²) in [6.07, 6.45) is 20.3. The predicted molar refractivity (Wildman–Crippen MR) is 226 cm³/mol. The number of fused-ring (bicyclic) bond motifs is 6. The summed E-state index contributed by atoms with van der Waals surface area (Å²) in [4.78, 5) is 5.40. The van der Waals surface area contributed by atoms with E-state index in [0.29, 0.717) is 23.7 Å². The monoisotopic (exact) mass is 742 g/mol. The fourth-order valence-electron chi connectivity index (χ4n) is 13.1. The number of hydrogen-bond acceptors (Lipinski definition) is 4. The molecule has 0 N–H and O–H groups in total. The number of anilines is 2. The minimum Gasteiger partial charge on any atom is -0.350 e. The molecule has 288 valence electrons. The van der Waals surface area contributed by atoms with Gasteiger partial charge in [0, 0.05) is 57.6 Å². The molecular weight excluding hydrogens is 685 g/mol. The van der Waals surface area contributed by atoms with E-state index in [9.17, 15) is 0 Å². The molecule has 12 rings (SSSR count). The smallest absolute Gasteiger partial charge is 0.149 e. The van der Waals surface area contributed by atoms with Gasteiger partial charge in [-0.2, -0.15) is 0 Å². The number of hydrogen-bond donors (Lipinski definition) is 0. The number of benzene rings is 4. The van der Waals surface area contributed by atoms with Gasteiger partial charge in [0.1, 0.15) is 11.4 Å². The molecule has 2 fully saturated rings. The van der Waals surface area contributed by atoms with Crippen LogP contribution in [0.2, 0.25) is 0 Å². The second-order valence-electron chi connectivity index (χ2n) is 18.0. The van der Waals surface area contributed by atoms with Crippen LogP contribution in [-0.4, -0.2) is 11.4 Å². The van der Waals surface area contributed by atoms with Crippen molar-refractivity contribution < 1.29 is 9.47 Å². The molecule has 2 saturated carbocycles. The van der Waals surface area contributed by atoms with E-state index >= 15 is 0 Å². The molecule has 4 aliphatic carbocycles. The Balaban J connectivity index is 0.000000130. The first kappa shape index (κ1) is 35.1. The van der Waals surface area contributed by atoms with Crippen LogP contribution in [0.5, 0.6) is 0 Å². The van der Waals surface area contributed by atoms with Gasteiger partial charge in [-0.3, -0.25) is 0 Å². The Kier molecular flexibility index (Phi) is 9.00. The third kappa shape index (κ3) is 5.45.